The number of halogens is 1. The van der Waals surface area contributed by atoms with Gasteiger partial charge in [-0.3, -0.25) is 34.3 Å². The minimum atomic E-state index is -1.18. The molecule has 15 heteroatoms. The highest BCUT2D eigenvalue weighted by molar-refractivity contribution is 6.38. The van der Waals surface area contributed by atoms with Crippen LogP contribution < -0.4 is 30.9 Å². The van der Waals surface area contributed by atoms with Crippen LogP contribution in [0.3, 0.4) is 0 Å². The highest BCUT2D eigenvalue weighted by atomic mass is 35.5. The molecule has 4 atom stereocenters. The summed E-state index contributed by atoms with van der Waals surface area (Å²) in [6.45, 7) is 6.74. The van der Waals surface area contributed by atoms with Crippen LogP contribution in [0, 0.1) is 17.3 Å². The van der Waals surface area contributed by atoms with Crippen LogP contribution in [0.5, 0.6) is 11.5 Å². The third kappa shape index (κ3) is 9.14. The number of ether oxygens (including phenoxy) is 3. The summed E-state index contributed by atoms with van der Waals surface area (Å²) in [5, 5.41) is 8.99. The van der Waals surface area contributed by atoms with Crippen LogP contribution in [0.2, 0.25) is 5.02 Å². The van der Waals surface area contributed by atoms with Gasteiger partial charge in [0, 0.05) is 43.7 Å². The molecule has 6 rings (SSSR count). The molecule has 3 heterocycles. The number of Topliss-reactive ketones (excluding diaryl/α,β-unsaturated/α-hetero) is 1. The quantitative estimate of drug-likeness (QED) is 0.205. The third-order valence-corrected chi connectivity index (χ3v) is 11.6. The molecule has 3 aliphatic heterocycles. The summed E-state index contributed by atoms with van der Waals surface area (Å²) in [4.78, 5) is 76.8. The van der Waals surface area contributed by atoms with Gasteiger partial charge in [-0.1, -0.05) is 51.6 Å². The monoisotopic (exact) mass is 771 g/mol. The zero-order valence-corrected chi connectivity index (χ0v) is 32.6. The van der Waals surface area contributed by atoms with Gasteiger partial charge in [-0.05, 0) is 61.5 Å². The first kappa shape index (κ1) is 39.8. The number of nitrogens with one attached hydrogen (secondary N) is 4. The molecule has 4 amide bonds. The van der Waals surface area contributed by atoms with Crippen molar-refractivity contribution in [1.29, 1.82) is 0 Å². The molecule has 5 aliphatic rings. The summed E-state index contributed by atoms with van der Waals surface area (Å²) in [6, 6.07) is 0.179. The smallest absolute Gasteiger partial charge is 0.289 e. The van der Waals surface area contributed by atoms with E-state index in [9.17, 15) is 24.0 Å². The Bertz CT molecular complexity index is 1650. The molecule has 0 aromatic heterocycles. The van der Waals surface area contributed by atoms with Gasteiger partial charge in [0.25, 0.3) is 5.91 Å². The number of likely N-dealkylation sites (tertiary alicyclic amines) is 1. The summed E-state index contributed by atoms with van der Waals surface area (Å²) in [6.07, 6.45) is 8.44. The number of hydrogen-bond donors (Lipinski definition) is 4. The molecule has 2 saturated carbocycles. The molecule has 14 nitrogen and oxygen atoms in total. The number of carbonyl (C=O) groups is 5. The first-order chi connectivity index (χ1) is 25.7. The van der Waals surface area contributed by atoms with E-state index in [4.69, 9.17) is 30.6 Å². The Kier molecular flexibility index (Phi) is 12.1. The van der Waals surface area contributed by atoms with E-state index in [2.05, 4.69) is 21.4 Å². The van der Waals surface area contributed by atoms with E-state index in [0.717, 1.165) is 44.9 Å². The lowest BCUT2D eigenvalue weighted by atomic mass is 9.80. The molecular weight excluding hydrogens is 718 g/mol. The van der Waals surface area contributed by atoms with Crippen molar-refractivity contribution in [3.05, 3.63) is 28.8 Å². The highest BCUT2D eigenvalue weighted by Gasteiger charge is 2.54. The predicted molar refractivity (Wildman–Crippen MR) is 199 cm³/mol. The second-order valence-electron chi connectivity index (χ2n) is 16.5. The van der Waals surface area contributed by atoms with Gasteiger partial charge in [-0.25, -0.2) is 0 Å². The van der Waals surface area contributed by atoms with E-state index in [-0.39, 0.29) is 43.2 Å². The fraction of sp³-hybridized carbons (Fsp3) is 0.667. The molecule has 0 bridgehead atoms. The van der Waals surface area contributed by atoms with Crippen LogP contribution in [-0.4, -0.2) is 98.1 Å². The first-order valence-corrected chi connectivity index (χ1v) is 19.5. The maximum absolute atomic E-state index is 14.8. The van der Waals surface area contributed by atoms with Crippen LogP contribution in [-0.2, 0) is 33.5 Å². The summed E-state index contributed by atoms with van der Waals surface area (Å²) in [5.41, 5.74) is 2.14. The lowest BCUT2D eigenvalue weighted by molar-refractivity contribution is -0.145. The van der Waals surface area contributed by atoms with E-state index in [1.165, 1.54) is 19.1 Å². The topological polar surface area (TPSA) is 174 Å². The van der Waals surface area contributed by atoms with Crippen molar-refractivity contribution in [3.8, 4) is 11.5 Å². The number of amides is 4. The molecule has 4 fully saturated rings. The van der Waals surface area contributed by atoms with Crippen molar-refractivity contribution >= 4 is 46.7 Å². The number of hydroxylamine groups is 1. The molecule has 296 valence electrons. The van der Waals surface area contributed by atoms with Crippen LogP contribution >= 0.6 is 11.6 Å². The summed E-state index contributed by atoms with van der Waals surface area (Å²) in [7, 11) is 3.02. The van der Waals surface area contributed by atoms with E-state index >= 15 is 0 Å². The summed E-state index contributed by atoms with van der Waals surface area (Å²) >= 11 is 6.50. The number of carbonyl (C=O) groups excluding carboxylic acids is 5. The molecular formula is C39H54ClN5O9. The molecule has 2 aliphatic carbocycles. The van der Waals surface area contributed by atoms with Gasteiger partial charge in [-0.2, -0.15) is 0 Å². The third-order valence-electron chi connectivity index (χ3n) is 11.3. The largest absolute Gasteiger partial charge is 0.496 e. The zero-order valence-electron chi connectivity index (χ0n) is 31.9. The van der Waals surface area contributed by atoms with E-state index in [1.807, 2.05) is 20.8 Å². The number of methoxy groups -OCH3 is 2. The van der Waals surface area contributed by atoms with Crippen molar-refractivity contribution in [3.63, 3.8) is 0 Å². The summed E-state index contributed by atoms with van der Waals surface area (Å²) in [5.74, 6) is -1.44. The van der Waals surface area contributed by atoms with E-state index in [1.54, 1.807) is 18.2 Å². The second-order valence-corrected chi connectivity index (χ2v) is 16.9. The molecule has 2 saturated heterocycles. The average molecular weight is 772 g/mol. The van der Waals surface area contributed by atoms with Gasteiger partial charge in [0.15, 0.2) is 0 Å². The average Bonchev–Trinajstić information content (AvgIpc) is 3.72. The molecule has 54 heavy (non-hydrogen) atoms. The Morgan fingerprint density at radius 2 is 1.69 bits per heavy atom. The Balaban J connectivity index is 1.30. The maximum atomic E-state index is 14.8. The van der Waals surface area contributed by atoms with E-state index in [0.29, 0.717) is 47.4 Å². The van der Waals surface area contributed by atoms with Crippen molar-refractivity contribution in [2.45, 2.75) is 115 Å². The van der Waals surface area contributed by atoms with Gasteiger partial charge in [0.2, 0.25) is 23.5 Å². The van der Waals surface area contributed by atoms with Gasteiger partial charge in [-0.15, -0.1) is 0 Å². The molecule has 1 aromatic rings. The van der Waals surface area contributed by atoms with Crippen molar-refractivity contribution < 1.29 is 43.0 Å². The van der Waals surface area contributed by atoms with Crippen LogP contribution in [0.25, 0.3) is 5.70 Å². The summed E-state index contributed by atoms with van der Waals surface area (Å²) < 4.78 is 16.4. The molecule has 1 spiro atoms. The van der Waals surface area contributed by atoms with Gasteiger partial charge in [0.1, 0.15) is 29.2 Å². The van der Waals surface area contributed by atoms with Crippen LogP contribution in [0.1, 0.15) is 90.5 Å². The van der Waals surface area contributed by atoms with Crippen molar-refractivity contribution in [2.24, 2.45) is 17.3 Å². The Hall–Kier alpha value is -3.88. The van der Waals surface area contributed by atoms with Crippen molar-refractivity contribution in [2.75, 3.05) is 34.0 Å². The van der Waals surface area contributed by atoms with Crippen molar-refractivity contribution in [1.82, 2.24) is 26.3 Å². The van der Waals surface area contributed by atoms with E-state index < -0.39 is 52.6 Å². The standard InChI is InChI=1S/C39H54ClN5O9/c1-38(2,3)34(43-32(46)16-23-11-13-53-14-12-23)37(50)45-21-39(19-28(44-54-39)25-17-26(40)31(52-5)18-30(25)51-4)20-29(45)35(48)42-27(15-22-7-6-8-22)33(47)36(49)41-24-9-10-24/h17-19,22-24,27,29,34,44H,6-16,20-21H2,1-5H3,(H,41,49)(H,42,48)(H,43,46)/t27?,29-,34+,39+/m0/s1. The molecule has 0 radical (unpaired) electrons. The number of hydrogen-bond acceptors (Lipinski definition) is 10. The molecule has 4 N–H and O–H groups in total. The first-order valence-electron chi connectivity index (χ1n) is 19.1. The predicted octanol–water partition coefficient (Wildman–Crippen LogP) is 3.44. The number of nitrogens with zero attached hydrogens (tertiary/aromatic N) is 1. The second kappa shape index (κ2) is 16.5. The van der Waals surface area contributed by atoms with Gasteiger partial charge >= 0.3 is 0 Å². The number of ketones is 1. The van der Waals surface area contributed by atoms with Crippen LogP contribution in [0.4, 0.5) is 0 Å². The Labute approximate surface area is 321 Å². The fourth-order valence-corrected chi connectivity index (χ4v) is 7.92. The lowest BCUT2D eigenvalue weighted by Crippen LogP contribution is -2.59. The van der Waals surface area contributed by atoms with Gasteiger partial charge < -0.3 is 35.1 Å². The highest BCUT2D eigenvalue weighted by Crippen LogP contribution is 2.42. The van der Waals surface area contributed by atoms with Gasteiger partial charge in [0.05, 0.1) is 37.5 Å². The fourth-order valence-electron chi connectivity index (χ4n) is 7.68. The maximum Gasteiger partial charge on any atom is 0.289 e. The lowest BCUT2D eigenvalue weighted by Gasteiger charge is -2.36. The minimum Gasteiger partial charge on any atom is -0.496 e. The van der Waals surface area contributed by atoms with Crippen LogP contribution in [0.15, 0.2) is 18.2 Å². The normalized spacial score (nSPS) is 24.1. The molecule has 1 unspecified atom stereocenters. The number of rotatable bonds is 14. The zero-order chi connectivity index (χ0) is 38.8. The SMILES string of the molecule is COc1cc(OC)c(C2=C[C@]3(C[C@@H](C(=O)NC(CC4CCC4)C(=O)C(=O)NC4CC4)N(C(=O)[C@@H](NC(=O)CC4CCOCC4)C(C)(C)C)C3)ON2)cc1Cl. The Morgan fingerprint density at radius 3 is 2.30 bits per heavy atom. The Morgan fingerprint density at radius 1 is 0.981 bits per heavy atom. The minimum absolute atomic E-state index is 0.0208. The number of benzene rings is 1. The molecule has 1 aromatic carbocycles.